The van der Waals surface area contributed by atoms with Crippen molar-refractivity contribution in [3.63, 3.8) is 0 Å². The molecule has 0 aromatic heterocycles. The molecular formula is C13H15ClFNO2S. The van der Waals surface area contributed by atoms with Crippen molar-refractivity contribution in [1.82, 2.24) is 4.90 Å². The van der Waals surface area contributed by atoms with Gasteiger partial charge in [-0.05, 0) is 17.7 Å². The molecule has 0 saturated carbocycles. The fraction of sp³-hybridized carbons (Fsp3) is 0.462. The smallest absolute Gasteiger partial charge is 0.232 e. The quantitative estimate of drug-likeness (QED) is 0.856. The van der Waals surface area contributed by atoms with Crippen LogP contribution in [0.2, 0.25) is 5.02 Å². The summed E-state index contributed by atoms with van der Waals surface area (Å²) in [5.74, 6) is 0.784. The van der Waals surface area contributed by atoms with Gasteiger partial charge in [-0.3, -0.25) is 4.79 Å². The zero-order chi connectivity index (χ0) is 13.7. The summed E-state index contributed by atoms with van der Waals surface area (Å²) in [7, 11) is 0. The van der Waals surface area contributed by atoms with Gasteiger partial charge in [0, 0.05) is 18.8 Å². The first-order valence-electron chi connectivity index (χ1n) is 6.04. The van der Waals surface area contributed by atoms with Gasteiger partial charge in [0.15, 0.2) is 0 Å². The van der Waals surface area contributed by atoms with E-state index in [0.717, 1.165) is 5.56 Å². The summed E-state index contributed by atoms with van der Waals surface area (Å²) in [6.45, 7) is 2.57. The van der Waals surface area contributed by atoms with Gasteiger partial charge in [-0.25, -0.2) is 4.39 Å². The Morgan fingerprint density at radius 2 is 2.16 bits per heavy atom. The average molecular weight is 304 g/mol. The molecule has 19 heavy (non-hydrogen) atoms. The molecule has 1 aliphatic rings. The molecule has 104 valence electrons. The fourth-order valence-corrected chi connectivity index (χ4v) is 2.87. The third-order valence-corrected chi connectivity index (χ3v) is 4.12. The van der Waals surface area contributed by atoms with Gasteiger partial charge < -0.3 is 9.64 Å². The lowest BCUT2D eigenvalue weighted by molar-refractivity contribution is -0.132. The van der Waals surface area contributed by atoms with E-state index in [1.165, 1.54) is 17.8 Å². The predicted molar refractivity (Wildman–Crippen MR) is 75.0 cm³/mol. The summed E-state index contributed by atoms with van der Waals surface area (Å²) in [4.78, 5) is 13.7. The molecule has 6 heteroatoms. The minimum absolute atomic E-state index is 0.123. The summed E-state index contributed by atoms with van der Waals surface area (Å²) in [6, 6.07) is 4.64. The molecule has 1 aromatic rings. The number of nitrogens with zero attached hydrogens (tertiary/aromatic N) is 1. The van der Waals surface area contributed by atoms with Crippen molar-refractivity contribution < 1.29 is 13.9 Å². The maximum Gasteiger partial charge on any atom is 0.232 e. The molecule has 0 spiro atoms. The second kappa shape index (κ2) is 7.12. The Labute approximate surface area is 121 Å². The van der Waals surface area contributed by atoms with Gasteiger partial charge in [-0.15, -0.1) is 11.8 Å². The van der Waals surface area contributed by atoms with Crippen LogP contribution in [-0.2, 0) is 15.3 Å². The molecule has 1 aromatic carbocycles. The number of rotatable bonds is 4. The first-order valence-corrected chi connectivity index (χ1v) is 7.57. The predicted octanol–water partition coefficient (Wildman–Crippen LogP) is 2.57. The maximum atomic E-state index is 13.0. The second-order valence-corrected chi connectivity index (χ2v) is 5.63. The lowest BCUT2D eigenvalue weighted by atomic mass is 10.2. The van der Waals surface area contributed by atoms with Gasteiger partial charge in [-0.1, -0.05) is 17.7 Å². The van der Waals surface area contributed by atoms with E-state index in [9.17, 15) is 9.18 Å². The molecule has 0 atom stereocenters. The Kier molecular flexibility index (Phi) is 5.48. The number of thioether (sulfide) groups is 1. The Morgan fingerprint density at radius 3 is 2.84 bits per heavy atom. The van der Waals surface area contributed by atoms with Crippen molar-refractivity contribution in [2.45, 2.75) is 5.75 Å². The van der Waals surface area contributed by atoms with Crippen molar-refractivity contribution in [2.24, 2.45) is 0 Å². The minimum Gasteiger partial charge on any atom is -0.378 e. The zero-order valence-corrected chi connectivity index (χ0v) is 12.0. The van der Waals surface area contributed by atoms with Crippen LogP contribution in [0.1, 0.15) is 5.56 Å². The molecule has 0 bridgehead atoms. The van der Waals surface area contributed by atoms with E-state index in [1.807, 2.05) is 4.90 Å². The van der Waals surface area contributed by atoms with Gasteiger partial charge in [-0.2, -0.15) is 0 Å². The molecule has 1 fully saturated rings. The van der Waals surface area contributed by atoms with Gasteiger partial charge in [0.05, 0.1) is 24.0 Å². The van der Waals surface area contributed by atoms with Crippen LogP contribution in [0, 0.1) is 5.82 Å². The highest BCUT2D eigenvalue weighted by atomic mass is 35.5. The van der Waals surface area contributed by atoms with Gasteiger partial charge >= 0.3 is 0 Å². The number of benzene rings is 1. The van der Waals surface area contributed by atoms with Crippen molar-refractivity contribution >= 4 is 29.3 Å². The third-order valence-electron chi connectivity index (χ3n) is 2.84. The summed E-state index contributed by atoms with van der Waals surface area (Å²) in [5, 5.41) is 0.123. The lowest BCUT2D eigenvalue weighted by Gasteiger charge is -2.26. The Morgan fingerprint density at radius 1 is 1.42 bits per heavy atom. The lowest BCUT2D eigenvalue weighted by Crippen LogP contribution is -2.41. The average Bonchev–Trinajstić information content (AvgIpc) is 2.43. The molecule has 0 unspecified atom stereocenters. The SMILES string of the molecule is O=C(CSCc1ccc(F)c(Cl)c1)N1CCOCC1. The molecule has 3 nitrogen and oxygen atoms in total. The zero-order valence-electron chi connectivity index (χ0n) is 10.4. The van der Waals surface area contributed by atoms with Crippen molar-refractivity contribution in [1.29, 1.82) is 0 Å². The molecule has 1 aliphatic heterocycles. The summed E-state index contributed by atoms with van der Waals surface area (Å²) < 4.78 is 18.2. The number of hydrogen-bond acceptors (Lipinski definition) is 3. The standard InChI is InChI=1S/C13H15ClFNO2S/c14-11-7-10(1-2-12(11)15)8-19-9-13(17)16-3-5-18-6-4-16/h1-2,7H,3-6,8-9H2. The van der Waals surface area contributed by atoms with Crippen LogP contribution in [0.15, 0.2) is 18.2 Å². The van der Waals surface area contributed by atoms with Gasteiger partial charge in [0.1, 0.15) is 5.82 Å². The van der Waals surface area contributed by atoms with E-state index in [4.69, 9.17) is 16.3 Å². The van der Waals surface area contributed by atoms with E-state index >= 15 is 0 Å². The first kappa shape index (κ1) is 14.6. The van der Waals surface area contributed by atoms with Crippen LogP contribution in [0.3, 0.4) is 0 Å². The summed E-state index contributed by atoms with van der Waals surface area (Å²) in [5.41, 5.74) is 0.922. The molecule has 0 radical (unpaired) electrons. The third kappa shape index (κ3) is 4.37. The van der Waals surface area contributed by atoms with E-state index in [-0.39, 0.29) is 10.9 Å². The van der Waals surface area contributed by atoms with Crippen molar-refractivity contribution in [3.8, 4) is 0 Å². The second-order valence-electron chi connectivity index (χ2n) is 4.23. The summed E-state index contributed by atoms with van der Waals surface area (Å²) >= 11 is 7.21. The first-order chi connectivity index (χ1) is 9.16. The topological polar surface area (TPSA) is 29.5 Å². The van der Waals surface area contributed by atoms with Gasteiger partial charge in [0.25, 0.3) is 0 Å². The Bertz CT molecular complexity index is 452. The normalized spacial score (nSPS) is 15.6. The van der Waals surface area contributed by atoms with Crippen LogP contribution in [0.4, 0.5) is 4.39 Å². The van der Waals surface area contributed by atoms with Crippen LogP contribution in [0.5, 0.6) is 0 Å². The molecular weight excluding hydrogens is 289 g/mol. The van der Waals surface area contributed by atoms with Crippen LogP contribution >= 0.6 is 23.4 Å². The number of morpholine rings is 1. The molecule has 0 N–H and O–H groups in total. The molecule has 1 heterocycles. The monoisotopic (exact) mass is 303 g/mol. The minimum atomic E-state index is -0.417. The maximum absolute atomic E-state index is 13.0. The van der Waals surface area contributed by atoms with E-state index < -0.39 is 5.82 Å². The number of hydrogen-bond donors (Lipinski definition) is 0. The highest BCUT2D eigenvalue weighted by molar-refractivity contribution is 7.99. The molecule has 1 saturated heterocycles. The number of carbonyl (C=O) groups excluding carboxylic acids is 1. The molecule has 2 rings (SSSR count). The van der Waals surface area contributed by atoms with Gasteiger partial charge in [0.2, 0.25) is 5.91 Å². The van der Waals surface area contributed by atoms with E-state index in [1.54, 1.807) is 12.1 Å². The van der Waals surface area contributed by atoms with Crippen molar-refractivity contribution in [3.05, 3.63) is 34.6 Å². The largest absolute Gasteiger partial charge is 0.378 e. The number of amides is 1. The number of halogens is 2. The molecule has 1 amide bonds. The van der Waals surface area contributed by atoms with Crippen molar-refractivity contribution in [2.75, 3.05) is 32.1 Å². The fourth-order valence-electron chi connectivity index (χ4n) is 1.79. The highest BCUT2D eigenvalue weighted by Gasteiger charge is 2.16. The Hall–Kier alpha value is -0.780. The van der Waals surface area contributed by atoms with E-state index in [0.29, 0.717) is 37.8 Å². The summed E-state index contributed by atoms with van der Waals surface area (Å²) in [6.07, 6.45) is 0. The van der Waals surface area contributed by atoms with Crippen LogP contribution < -0.4 is 0 Å². The Balaban J connectivity index is 1.76. The van der Waals surface area contributed by atoms with E-state index in [2.05, 4.69) is 0 Å². The van der Waals surface area contributed by atoms with Crippen LogP contribution in [0.25, 0.3) is 0 Å². The number of ether oxygens (including phenoxy) is 1. The molecule has 0 aliphatic carbocycles. The number of carbonyl (C=O) groups is 1. The highest BCUT2D eigenvalue weighted by Crippen LogP contribution is 2.20. The van der Waals surface area contributed by atoms with Crippen LogP contribution in [-0.4, -0.2) is 42.9 Å².